The number of carbonyl (C=O) groups excluding carboxylic acids is 1. The summed E-state index contributed by atoms with van der Waals surface area (Å²) in [6, 6.07) is 24.9. The third-order valence-electron chi connectivity index (χ3n) is 5.96. The molecular formula is C26H27NO4. The number of ether oxygens (including phenoxy) is 2. The highest BCUT2D eigenvalue weighted by atomic mass is 16.5. The lowest BCUT2D eigenvalue weighted by atomic mass is 9.78. The third-order valence-corrected chi connectivity index (χ3v) is 5.96. The molecule has 31 heavy (non-hydrogen) atoms. The Morgan fingerprint density at radius 3 is 2.03 bits per heavy atom. The maximum absolute atomic E-state index is 13.2. The summed E-state index contributed by atoms with van der Waals surface area (Å²) in [4.78, 5) is 15.0. The zero-order valence-corrected chi connectivity index (χ0v) is 17.8. The van der Waals surface area contributed by atoms with Crippen LogP contribution >= 0.6 is 0 Å². The summed E-state index contributed by atoms with van der Waals surface area (Å²) in [7, 11) is 3.26. The average Bonchev–Trinajstić information content (AvgIpc) is 2.83. The van der Waals surface area contributed by atoms with Crippen LogP contribution in [-0.4, -0.2) is 25.2 Å². The van der Waals surface area contributed by atoms with Crippen LogP contribution in [0.25, 0.3) is 0 Å². The Morgan fingerprint density at radius 1 is 0.871 bits per heavy atom. The molecule has 5 nitrogen and oxygen atoms in total. The van der Waals surface area contributed by atoms with Crippen molar-refractivity contribution in [3.05, 3.63) is 90.0 Å². The SMILES string of the molecule is COc1ccc(C2[C@H](CC[C@@H](O)c3ccccc3)C(=O)N2c2ccc(OC)cc2)cc1. The molecule has 3 aromatic carbocycles. The van der Waals surface area contributed by atoms with E-state index in [9.17, 15) is 9.90 Å². The summed E-state index contributed by atoms with van der Waals surface area (Å²) >= 11 is 0. The zero-order chi connectivity index (χ0) is 21.8. The Labute approximate surface area is 182 Å². The second-order valence-corrected chi connectivity index (χ2v) is 7.73. The maximum atomic E-state index is 13.2. The van der Waals surface area contributed by atoms with Crippen molar-refractivity contribution in [2.24, 2.45) is 5.92 Å². The molecule has 0 radical (unpaired) electrons. The summed E-state index contributed by atoms with van der Waals surface area (Å²) in [5.41, 5.74) is 2.77. The highest BCUT2D eigenvalue weighted by Crippen LogP contribution is 2.46. The number of aliphatic hydroxyl groups excluding tert-OH is 1. The molecule has 1 fully saturated rings. The smallest absolute Gasteiger partial charge is 0.233 e. The minimum Gasteiger partial charge on any atom is -0.497 e. The quantitative estimate of drug-likeness (QED) is 0.529. The molecule has 4 rings (SSSR count). The van der Waals surface area contributed by atoms with Gasteiger partial charge >= 0.3 is 0 Å². The van der Waals surface area contributed by atoms with Gasteiger partial charge in [0.1, 0.15) is 11.5 Å². The normalized spacial score (nSPS) is 18.9. The highest BCUT2D eigenvalue weighted by Gasteiger charge is 2.48. The molecule has 160 valence electrons. The number of amides is 1. The lowest BCUT2D eigenvalue weighted by Gasteiger charge is -2.48. The number of aliphatic hydroxyl groups is 1. The van der Waals surface area contributed by atoms with E-state index < -0.39 is 6.10 Å². The first-order chi connectivity index (χ1) is 15.1. The molecular weight excluding hydrogens is 390 g/mol. The van der Waals surface area contributed by atoms with Crippen molar-refractivity contribution in [1.82, 2.24) is 0 Å². The molecule has 0 bridgehead atoms. The van der Waals surface area contributed by atoms with Crippen LogP contribution in [0.15, 0.2) is 78.9 Å². The van der Waals surface area contributed by atoms with Gasteiger partial charge in [-0.1, -0.05) is 42.5 Å². The van der Waals surface area contributed by atoms with E-state index in [1.807, 2.05) is 83.8 Å². The van der Waals surface area contributed by atoms with Gasteiger partial charge in [0.25, 0.3) is 0 Å². The van der Waals surface area contributed by atoms with Gasteiger partial charge in [0, 0.05) is 5.69 Å². The first kappa shape index (κ1) is 20.9. The Morgan fingerprint density at radius 2 is 1.45 bits per heavy atom. The Hall–Kier alpha value is -3.31. The molecule has 0 saturated carbocycles. The lowest BCUT2D eigenvalue weighted by molar-refractivity contribution is -0.131. The van der Waals surface area contributed by atoms with Crippen molar-refractivity contribution in [3.8, 4) is 11.5 Å². The van der Waals surface area contributed by atoms with E-state index in [0.717, 1.165) is 28.3 Å². The highest BCUT2D eigenvalue weighted by molar-refractivity contribution is 6.03. The fourth-order valence-electron chi connectivity index (χ4n) is 4.22. The van der Waals surface area contributed by atoms with Crippen molar-refractivity contribution in [2.45, 2.75) is 25.0 Å². The largest absolute Gasteiger partial charge is 0.497 e. The number of carbonyl (C=O) groups is 1. The van der Waals surface area contributed by atoms with E-state index in [1.165, 1.54) is 0 Å². The van der Waals surface area contributed by atoms with Gasteiger partial charge in [0.05, 0.1) is 32.3 Å². The number of benzene rings is 3. The van der Waals surface area contributed by atoms with E-state index >= 15 is 0 Å². The molecule has 0 spiro atoms. The van der Waals surface area contributed by atoms with Crippen molar-refractivity contribution >= 4 is 11.6 Å². The zero-order valence-electron chi connectivity index (χ0n) is 17.8. The summed E-state index contributed by atoms with van der Waals surface area (Å²) in [6.45, 7) is 0. The van der Waals surface area contributed by atoms with Crippen LogP contribution in [0, 0.1) is 5.92 Å². The lowest BCUT2D eigenvalue weighted by Crippen LogP contribution is -2.55. The van der Waals surface area contributed by atoms with Gasteiger partial charge in [0.15, 0.2) is 0 Å². The number of anilines is 1. The number of nitrogens with zero attached hydrogens (tertiary/aromatic N) is 1. The van der Waals surface area contributed by atoms with Crippen molar-refractivity contribution < 1.29 is 19.4 Å². The minimum absolute atomic E-state index is 0.0752. The van der Waals surface area contributed by atoms with E-state index in [1.54, 1.807) is 14.2 Å². The van der Waals surface area contributed by atoms with E-state index in [-0.39, 0.29) is 17.9 Å². The summed E-state index contributed by atoms with van der Waals surface area (Å²) in [5.74, 6) is 1.42. The number of β-lactam (4-membered cyclic amide) rings is 1. The summed E-state index contributed by atoms with van der Waals surface area (Å²) in [6.07, 6.45) is 0.558. The number of methoxy groups -OCH3 is 2. The number of hydrogen-bond acceptors (Lipinski definition) is 4. The fraction of sp³-hybridized carbons (Fsp3) is 0.269. The maximum Gasteiger partial charge on any atom is 0.233 e. The monoisotopic (exact) mass is 417 g/mol. The Kier molecular flexibility index (Phi) is 6.23. The van der Waals surface area contributed by atoms with Crippen LogP contribution in [0.4, 0.5) is 5.69 Å². The fourth-order valence-corrected chi connectivity index (χ4v) is 4.22. The first-order valence-corrected chi connectivity index (χ1v) is 10.5. The van der Waals surface area contributed by atoms with Crippen molar-refractivity contribution in [1.29, 1.82) is 0 Å². The van der Waals surface area contributed by atoms with Gasteiger partial charge in [0.2, 0.25) is 5.91 Å². The average molecular weight is 418 g/mol. The van der Waals surface area contributed by atoms with Gasteiger partial charge in [-0.25, -0.2) is 0 Å². The second kappa shape index (κ2) is 9.23. The van der Waals surface area contributed by atoms with E-state index in [2.05, 4.69) is 0 Å². The van der Waals surface area contributed by atoms with Gasteiger partial charge in [-0.3, -0.25) is 4.79 Å². The van der Waals surface area contributed by atoms with E-state index in [0.29, 0.717) is 12.8 Å². The number of rotatable bonds is 8. The van der Waals surface area contributed by atoms with Crippen molar-refractivity contribution in [2.75, 3.05) is 19.1 Å². The molecule has 0 aromatic heterocycles. The number of hydrogen-bond donors (Lipinski definition) is 1. The molecule has 0 aliphatic carbocycles. The van der Waals surface area contributed by atoms with Gasteiger partial charge < -0.3 is 19.5 Å². The van der Waals surface area contributed by atoms with Crippen LogP contribution in [0.2, 0.25) is 0 Å². The molecule has 1 saturated heterocycles. The van der Waals surface area contributed by atoms with Crippen LogP contribution in [0.3, 0.4) is 0 Å². The van der Waals surface area contributed by atoms with Crippen molar-refractivity contribution in [3.63, 3.8) is 0 Å². The molecule has 1 amide bonds. The predicted molar refractivity (Wildman–Crippen MR) is 120 cm³/mol. The molecule has 1 unspecified atom stereocenters. The van der Waals surface area contributed by atoms with Gasteiger partial charge in [-0.2, -0.15) is 0 Å². The van der Waals surface area contributed by atoms with Crippen LogP contribution in [0.5, 0.6) is 11.5 Å². The molecule has 3 aromatic rings. The Bertz CT molecular complexity index is 1000. The van der Waals surface area contributed by atoms with Crippen LogP contribution in [-0.2, 0) is 4.79 Å². The molecule has 1 aliphatic heterocycles. The first-order valence-electron chi connectivity index (χ1n) is 10.5. The van der Waals surface area contributed by atoms with Gasteiger partial charge in [-0.15, -0.1) is 0 Å². The standard InChI is InChI=1S/C26H27NO4/c1-30-21-12-8-19(9-13-21)25-23(16-17-24(28)18-6-4-3-5-7-18)26(29)27(25)20-10-14-22(31-2)15-11-20/h3-15,23-25,28H,16-17H2,1-2H3/t23-,24+,25?/m0/s1. The molecule has 3 atom stereocenters. The summed E-state index contributed by atoms with van der Waals surface area (Å²) < 4.78 is 10.5. The second-order valence-electron chi connectivity index (χ2n) is 7.73. The third kappa shape index (κ3) is 4.28. The summed E-state index contributed by atoms with van der Waals surface area (Å²) in [5, 5.41) is 10.6. The molecule has 5 heteroatoms. The predicted octanol–water partition coefficient (Wildman–Crippen LogP) is 4.92. The van der Waals surface area contributed by atoms with Gasteiger partial charge in [-0.05, 0) is 60.4 Å². The van der Waals surface area contributed by atoms with E-state index in [4.69, 9.17) is 9.47 Å². The molecule has 1 N–H and O–H groups in total. The van der Waals surface area contributed by atoms with Crippen LogP contribution in [0.1, 0.15) is 36.1 Å². The van der Waals surface area contributed by atoms with Crippen LogP contribution < -0.4 is 14.4 Å². The molecule has 1 heterocycles. The molecule has 1 aliphatic rings. The minimum atomic E-state index is -0.583. The Balaban J connectivity index is 1.56. The topological polar surface area (TPSA) is 59.0 Å².